The van der Waals surface area contributed by atoms with E-state index >= 15 is 0 Å². The number of nitrogens with zero attached hydrogens (tertiary/aromatic N) is 4. The fraction of sp³-hybridized carbons (Fsp3) is 0.129. The lowest BCUT2D eigenvalue weighted by molar-refractivity contribution is 0.482. The molecule has 3 aromatic heterocycles. The number of ether oxygens (including phenoxy) is 1. The Kier molecular flexibility index (Phi) is 6.58. The van der Waals surface area contributed by atoms with Gasteiger partial charge < -0.3 is 19.5 Å². The first-order valence-electron chi connectivity index (χ1n) is 12.5. The van der Waals surface area contributed by atoms with E-state index < -0.39 is 0 Å². The molecular formula is C31H27N5OS. The molecule has 6 nitrogen and oxygen atoms in total. The molecule has 1 aliphatic rings. The smallest absolute Gasteiger partial charge is 0.174 e. The molecule has 0 saturated carbocycles. The fourth-order valence-electron chi connectivity index (χ4n) is 4.88. The lowest BCUT2D eigenvalue weighted by Crippen LogP contribution is -2.30. The van der Waals surface area contributed by atoms with E-state index in [2.05, 4.69) is 68.2 Å². The van der Waals surface area contributed by atoms with Crippen LogP contribution in [-0.4, -0.2) is 19.6 Å². The average molecular weight is 518 g/mol. The van der Waals surface area contributed by atoms with Crippen molar-refractivity contribution in [3.8, 4) is 11.5 Å². The summed E-state index contributed by atoms with van der Waals surface area (Å²) in [6.45, 7) is 2.78. The number of benzene rings is 2. The highest BCUT2D eigenvalue weighted by atomic mass is 32.1. The molecule has 0 unspecified atom stereocenters. The first kappa shape index (κ1) is 23.9. The van der Waals surface area contributed by atoms with Crippen LogP contribution in [-0.2, 0) is 6.54 Å². The number of nitrogens with one attached hydrogen (secondary N) is 1. The second-order valence-corrected chi connectivity index (χ2v) is 9.71. The van der Waals surface area contributed by atoms with Crippen molar-refractivity contribution >= 4 is 23.0 Å². The number of hydrogen-bond acceptors (Lipinski definition) is 4. The van der Waals surface area contributed by atoms with Crippen LogP contribution in [0.15, 0.2) is 116 Å². The maximum absolute atomic E-state index is 6.07. The zero-order valence-corrected chi connectivity index (χ0v) is 21.8. The molecule has 1 fully saturated rings. The van der Waals surface area contributed by atoms with Gasteiger partial charge >= 0.3 is 0 Å². The van der Waals surface area contributed by atoms with Gasteiger partial charge in [-0.1, -0.05) is 29.8 Å². The lowest BCUT2D eigenvalue weighted by Gasteiger charge is -2.29. The summed E-state index contributed by atoms with van der Waals surface area (Å²) in [5.74, 6) is 1.58. The fourth-order valence-corrected chi connectivity index (χ4v) is 5.22. The number of pyridine rings is 2. The molecule has 0 bridgehead atoms. The molecule has 0 radical (unpaired) electrons. The summed E-state index contributed by atoms with van der Waals surface area (Å²) in [6, 6.07) is 30.2. The van der Waals surface area contributed by atoms with E-state index in [1.54, 1.807) is 6.20 Å². The van der Waals surface area contributed by atoms with E-state index in [4.69, 9.17) is 17.0 Å². The van der Waals surface area contributed by atoms with Crippen LogP contribution in [0.25, 0.3) is 0 Å². The number of anilines is 1. The second kappa shape index (κ2) is 10.5. The summed E-state index contributed by atoms with van der Waals surface area (Å²) in [4.78, 5) is 11.1. The van der Waals surface area contributed by atoms with Crippen molar-refractivity contribution in [2.24, 2.45) is 0 Å². The Morgan fingerprint density at radius 2 is 1.66 bits per heavy atom. The predicted octanol–water partition coefficient (Wildman–Crippen LogP) is 6.60. The van der Waals surface area contributed by atoms with E-state index in [1.807, 2.05) is 73.1 Å². The van der Waals surface area contributed by atoms with Crippen LogP contribution in [0, 0.1) is 6.92 Å². The Balaban J connectivity index is 1.35. The van der Waals surface area contributed by atoms with Gasteiger partial charge in [0.2, 0.25) is 0 Å². The minimum Gasteiger partial charge on any atom is -0.457 e. The van der Waals surface area contributed by atoms with Crippen molar-refractivity contribution in [2.45, 2.75) is 25.6 Å². The first-order chi connectivity index (χ1) is 18.7. The average Bonchev–Trinajstić information content (AvgIpc) is 3.55. The van der Waals surface area contributed by atoms with Gasteiger partial charge in [0.1, 0.15) is 17.5 Å². The van der Waals surface area contributed by atoms with E-state index in [9.17, 15) is 0 Å². The molecule has 2 aromatic carbocycles. The highest BCUT2D eigenvalue weighted by molar-refractivity contribution is 7.80. The summed E-state index contributed by atoms with van der Waals surface area (Å²) in [7, 11) is 0. The topological polar surface area (TPSA) is 55.2 Å². The molecule has 188 valence electrons. The molecule has 5 aromatic rings. The Hall–Kier alpha value is -4.49. The molecule has 1 saturated heterocycles. The van der Waals surface area contributed by atoms with Gasteiger partial charge in [0.05, 0.1) is 11.7 Å². The molecule has 4 heterocycles. The second-order valence-electron chi connectivity index (χ2n) is 9.33. The normalized spacial score (nSPS) is 16.9. The van der Waals surface area contributed by atoms with Gasteiger partial charge in [-0.25, -0.2) is 0 Å². The Morgan fingerprint density at radius 1 is 0.868 bits per heavy atom. The van der Waals surface area contributed by atoms with Crippen molar-refractivity contribution in [3.05, 3.63) is 138 Å². The van der Waals surface area contributed by atoms with Gasteiger partial charge in [-0.2, -0.15) is 0 Å². The summed E-state index contributed by atoms with van der Waals surface area (Å²) >= 11 is 5.91. The minimum absolute atomic E-state index is 0.104. The van der Waals surface area contributed by atoms with E-state index in [0.29, 0.717) is 11.7 Å². The van der Waals surface area contributed by atoms with Gasteiger partial charge in [-0.05, 0) is 91.4 Å². The number of thiocarbonyl (C=S) groups is 1. The van der Waals surface area contributed by atoms with Crippen LogP contribution < -0.4 is 15.0 Å². The molecule has 38 heavy (non-hydrogen) atoms. The van der Waals surface area contributed by atoms with Gasteiger partial charge in [-0.15, -0.1) is 0 Å². The molecule has 0 aliphatic carbocycles. The maximum Gasteiger partial charge on any atom is 0.174 e. The largest absolute Gasteiger partial charge is 0.457 e. The Morgan fingerprint density at radius 3 is 2.37 bits per heavy atom. The van der Waals surface area contributed by atoms with Gasteiger partial charge in [0.25, 0.3) is 0 Å². The van der Waals surface area contributed by atoms with Crippen LogP contribution in [0.4, 0.5) is 5.69 Å². The summed E-state index contributed by atoms with van der Waals surface area (Å²) < 4.78 is 8.32. The van der Waals surface area contributed by atoms with Gasteiger partial charge in [-0.3, -0.25) is 9.97 Å². The van der Waals surface area contributed by atoms with Crippen LogP contribution in [0.3, 0.4) is 0 Å². The third kappa shape index (κ3) is 4.88. The van der Waals surface area contributed by atoms with E-state index in [0.717, 1.165) is 34.1 Å². The minimum atomic E-state index is -0.116. The SMILES string of the molecule is Cc1ccc(Oc2ccc(N3C(=S)N[C@@H](c4ccccn4)[C@@H]3c3cccn3Cc3cccnc3)cc2)cc1. The van der Waals surface area contributed by atoms with Crippen molar-refractivity contribution < 1.29 is 4.74 Å². The first-order valence-corrected chi connectivity index (χ1v) is 13.0. The summed E-state index contributed by atoms with van der Waals surface area (Å²) in [6.07, 6.45) is 7.63. The highest BCUT2D eigenvalue weighted by Crippen LogP contribution is 2.42. The standard InChI is InChI=1S/C31H27N5OS/c1-22-9-13-25(14-10-22)37-26-15-11-24(12-16-26)36-30(29(34-31(36)38)27-7-2-3-18-33-27)28-8-5-19-35(28)21-23-6-4-17-32-20-23/h2-20,29-30H,21H2,1H3,(H,34,38)/t29-,30-/m0/s1. The van der Waals surface area contributed by atoms with E-state index in [-0.39, 0.29) is 12.1 Å². The Bertz CT molecular complexity index is 1520. The van der Waals surface area contributed by atoms with Crippen molar-refractivity contribution in [1.29, 1.82) is 0 Å². The summed E-state index contributed by atoms with van der Waals surface area (Å²) in [5.41, 5.74) is 5.39. The summed E-state index contributed by atoms with van der Waals surface area (Å²) in [5, 5.41) is 4.21. The molecular weight excluding hydrogens is 490 g/mol. The maximum atomic E-state index is 6.07. The van der Waals surface area contributed by atoms with Crippen molar-refractivity contribution in [1.82, 2.24) is 19.9 Å². The lowest BCUT2D eigenvalue weighted by atomic mass is 10.0. The number of hydrogen-bond donors (Lipinski definition) is 1. The number of rotatable bonds is 7. The highest BCUT2D eigenvalue weighted by Gasteiger charge is 2.42. The molecule has 1 aliphatic heterocycles. The molecule has 7 heteroatoms. The predicted molar refractivity (Wildman–Crippen MR) is 153 cm³/mol. The quantitative estimate of drug-likeness (QED) is 0.245. The number of aryl methyl sites for hydroxylation is 1. The molecule has 0 amide bonds. The van der Waals surface area contributed by atoms with Gasteiger partial charge in [0, 0.05) is 42.7 Å². The van der Waals surface area contributed by atoms with Crippen LogP contribution >= 0.6 is 12.2 Å². The monoisotopic (exact) mass is 517 g/mol. The third-order valence-electron chi connectivity index (χ3n) is 6.71. The molecule has 0 spiro atoms. The zero-order valence-electron chi connectivity index (χ0n) is 20.9. The van der Waals surface area contributed by atoms with Gasteiger partial charge in [0.15, 0.2) is 5.11 Å². The Labute approximate surface area is 227 Å². The molecule has 6 rings (SSSR count). The van der Waals surface area contributed by atoms with Crippen LogP contribution in [0.5, 0.6) is 11.5 Å². The van der Waals surface area contributed by atoms with E-state index in [1.165, 1.54) is 5.56 Å². The molecule has 2 atom stereocenters. The number of aromatic nitrogens is 3. The third-order valence-corrected chi connectivity index (χ3v) is 7.03. The van der Waals surface area contributed by atoms with Crippen molar-refractivity contribution in [3.63, 3.8) is 0 Å². The molecule has 1 N–H and O–H groups in total. The van der Waals surface area contributed by atoms with Crippen LogP contribution in [0.1, 0.15) is 34.6 Å². The van der Waals surface area contributed by atoms with Crippen LogP contribution in [0.2, 0.25) is 0 Å². The van der Waals surface area contributed by atoms with Crippen molar-refractivity contribution in [2.75, 3.05) is 4.90 Å². The zero-order chi connectivity index (χ0) is 25.9.